The Morgan fingerprint density at radius 2 is 1.42 bits per heavy atom. The first kappa shape index (κ1) is 21.9. The maximum atomic E-state index is 13.0. The highest BCUT2D eigenvalue weighted by molar-refractivity contribution is 6.03. The monoisotopic (exact) mass is 443 g/mol. The highest BCUT2D eigenvalue weighted by atomic mass is 19.4. The number of H-pyrrole nitrogens is 1. The van der Waals surface area contributed by atoms with Gasteiger partial charge in [0.15, 0.2) is 0 Å². The highest BCUT2D eigenvalue weighted by Gasteiger charge is 2.37. The maximum absolute atomic E-state index is 13.0. The van der Waals surface area contributed by atoms with Gasteiger partial charge < -0.3 is 10.3 Å². The number of carbonyl (C=O) groups excluding carboxylic acids is 1. The van der Waals surface area contributed by atoms with Crippen molar-refractivity contribution in [2.24, 2.45) is 0 Å². The third-order valence-corrected chi connectivity index (χ3v) is 4.08. The van der Waals surface area contributed by atoms with Crippen LogP contribution in [0.1, 0.15) is 21.5 Å². The maximum Gasteiger partial charge on any atom is 0.416 e. The predicted octanol–water partition coefficient (Wildman–Crippen LogP) is 3.82. The lowest BCUT2D eigenvalue weighted by Gasteiger charge is -2.15. The second-order valence-corrected chi connectivity index (χ2v) is 6.23. The zero-order valence-corrected chi connectivity index (χ0v) is 15.1. The fourth-order valence-corrected chi connectivity index (χ4v) is 2.67. The van der Waals surface area contributed by atoms with Crippen molar-refractivity contribution in [3.05, 3.63) is 92.3 Å². The van der Waals surface area contributed by atoms with Gasteiger partial charge in [0.2, 0.25) is 0 Å². The molecule has 162 valence electrons. The van der Waals surface area contributed by atoms with E-state index in [1.807, 2.05) is 5.32 Å². The molecule has 1 heterocycles. The van der Waals surface area contributed by atoms with Crippen LogP contribution in [0.15, 0.2) is 64.3 Å². The van der Waals surface area contributed by atoms with Gasteiger partial charge in [-0.1, -0.05) is 18.2 Å². The number of para-hydroxylation sites is 1. The van der Waals surface area contributed by atoms with Gasteiger partial charge in [0.25, 0.3) is 11.5 Å². The first-order valence-corrected chi connectivity index (χ1v) is 8.39. The van der Waals surface area contributed by atoms with E-state index >= 15 is 0 Å². The summed E-state index contributed by atoms with van der Waals surface area (Å²) in [6.07, 6.45) is -9.50. The van der Waals surface area contributed by atoms with Crippen LogP contribution in [-0.2, 0) is 12.4 Å². The smallest absolute Gasteiger partial charge is 0.322 e. The lowest BCUT2D eigenvalue weighted by Crippen LogP contribution is -2.38. The molecule has 1 aromatic heterocycles. The number of hydrogen-bond acceptors (Lipinski definition) is 3. The summed E-state index contributed by atoms with van der Waals surface area (Å²) in [4.78, 5) is 39.2. The lowest BCUT2D eigenvalue weighted by molar-refractivity contribution is -0.143. The van der Waals surface area contributed by atoms with Crippen LogP contribution < -0.4 is 16.6 Å². The van der Waals surface area contributed by atoms with Gasteiger partial charge in [-0.2, -0.15) is 26.3 Å². The van der Waals surface area contributed by atoms with Crippen molar-refractivity contribution in [3.8, 4) is 5.69 Å². The second kappa shape index (κ2) is 7.78. The van der Waals surface area contributed by atoms with E-state index in [0.29, 0.717) is 16.7 Å². The van der Waals surface area contributed by atoms with Crippen LogP contribution in [0.3, 0.4) is 0 Å². The molecule has 3 aromatic rings. The van der Waals surface area contributed by atoms with E-state index in [4.69, 9.17) is 0 Å². The van der Waals surface area contributed by atoms with E-state index in [1.54, 1.807) is 6.07 Å². The summed E-state index contributed by atoms with van der Waals surface area (Å²) >= 11 is 0. The third-order valence-electron chi connectivity index (χ3n) is 4.08. The lowest BCUT2D eigenvalue weighted by atomic mass is 10.1. The SMILES string of the molecule is O=C(Nc1cc(C(F)(F)F)cc(C(F)(F)F)c1)c1c[nH]c(=O)n(-c2ccccc2)c1=O. The molecular formula is C19H11F6N3O3. The summed E-state index contributed by atoms with van der Waals surface area (Å²) in [6.45, 7) is 0. The van der Waals surface area contributed by atoms with Gasteiger partial charge in [-0.3, -0.25) is 9.59 Å². The van der Waals surface area contributed by atoms with Gasteiger partial charge in [-0.05, 0) is 30.3 Å². The van der Waals surface area contributed by atoms with Crippen LogP contribution in [0.4, 0.5) is 32.0 Å². The molecule has 0 aliphatic heterocycles. The van der Waals surface area contributed by atoms with Gasteiger partial charge in [0.1, 0.15) is 5.56 Å². The van der Waals surface area contributed by atoms with E-state index < -0.39 is 51.9 Å². The number of alkyl halides is 6. The fourth-order valence-electron chi connectivity index (χ4n) is 2.67. The molecular weight excluding hydrogens is 432 g/mol. The summed E-state index contributed by atoms with van der Waals surface area (Å²) in [5.74, 6) is -1.31. The van der Waals surface area contributed by atoms with Crippen molar-refractivity contribution in [1.29, 1.82) is 0 Å². The number of nitrogens with zero attached hydrogens (tertiary/aromatic N) is 1. The molecule has 0 aliphatic carbocycles. The third kappa shape index (κ3) is 4.68. The number of amides is 1. The molecule has 0 radical (unpaired) electrons. The number of carbonyl (C=O) groups is 1. The first-order valence-electron chi connectivity index (χ1n) is 8.39. The number of anilines is 1. The van der Waals surface area contributed by atoms with Crippen molar-refractivity contribution in [2.75, 3.05) is 5.32 Å². The molecule has 0 spiro atoms. The van der Waals surface area contributed by atoms with Crippen LogP contribution in [0.2, 0.25) is 0 Å². The first-order chi connectivity index (χ1) is 14.4. The molecule has 0 bridgehead atoms. The molecule has 0 saturated heterocycles. The molecule has 0 saturated carbocycles. The van der Waals surface area contributed by atoms with Gasteiger partial charge in [-0.15, -0.1) is 0 Å². The molecule has 12 heteroatoms. The fraction of sp³-hybridized carbons (Fsp3) is 0.105. The standard InChI is InChI=1S/C19H11F6N3O3/c20-18(21,22)10-6-11(19(23,24)25)8-12(7-10)27-15(29)14-9-26-17(31)28(16(14)30)13-4-2-1-3-5-13/h1-9H,(H,26,31)(H,27,29). The number of aromatic amines is 1. The van der Waals surface area contributed by atoms with Crippen molar-refractivity contribution >= 4 is 11.6 Å². The Hall–Kier alpha value is -3.83. The quantitative estimate of drug-likeness (QED) is 0.604. The minimum absolute atomic E-state index is 0.0989. The molecule has 6 nitrogen and oxygen atoms in total. The molecule has 3 rings (SSSR count). The van der Waals surface area contributed by atoms with E-state index in [2.05, 4.69) is 4.98 Å². The van der Waals surface area contributed by atoms with E-state index in [-0.39, 0.29) is 11.8 Å². The molecule has 2 N–H and O–H groups in total. The minimum atomic E-state index is -5.11. The Labute approximate surface area is 168 Å². The topological polar surface area (TPSA) is 84.0 Å². The predicted molar refractivity (Wildman–Crippen MR) is 97.1 cm³/mol. The largest absolute Gasteiger partial charge is 0.416 e. The molecule has 0 fully saturated rings. The van der Waals surface area contributed by atoms with Crippen LogP contribution in [-0.4, -0.2) is 15.5 Å². The van der Waals surface area contributed by atoms with Crippen LogP contribution in [0.5, 0.6) is 0 Å². The Morgan fingerprint density at radius 3 is 1.94 bits per heavy atom. The van der Waals surface area contributed by atoms with Crippen molar-refractivity contribution < 1.29 is 31.1 Å². The Balaban J connectivity index is 2.05. The normalized spacial score (nSPS) is 11.9. The Kier molecular flexibility index (Phi) is 5.49. The van der Waals surface area contributed by atoms with Crippen molar-refractivity contribution in [2.45, 2.75) is 12.4 Å². The zero-order chi connectivity index (χ0) is 23.0. The number of hydrogen-bond donors (Lipinski definition) is 2. The van der Waals surface area contributed by atoms with Crippen LogP contribution >= 0.6 is 0 Å². The molecule has 1 amide bonds. The molecule has 2 aromatic carbocycles. The summed E-state index contributed by atoms with van der Waals surface area (Å²) < 4.78 is 78.4. The van der Waals surface area contributed by atoms with E-state index in [0.717, 1.165) is 6.20 Å². The highest BCUT2D eigenvalue weighted by Crippen LogP contribution is 2.37. The zero-order valence-electron chi connectivity index (χ0n) is 15.1. The molecule has 0 aliphatic rings. The Morgan fingerprint density at radius 1 is 0.871 bits per heavy atom. The minimum Gasteiger partial charge on any atom is -0.322 e. The summed E-state index contributed by atoms with van der Waals surface area (Å²) in [6, 6.07) is 7.90. The van der Waals surface area contributed by atoms with Gasteiger partial charge in [0, 0.05) is 11.9 Å². The Bertz CT molecular complexity index is 1210. The van der Waals surface area contributed by atoms with Gasteiger partial charge in [0.05, 0.1) is 16.8 Å². The number of nitrogens with one attached hydrogen (secondary N) is 2. The second-order valence-electron chi connectivity index (χ2n) is 6.23. The molecule has 0 atom stereocenters. The van der Waals surface area contributed by atoms with Crippen LogP contribution in [0.25, 0.3) is 5.69 Å². The number of rotatable bonds is 3. The number of aromatic nitrogens is 2. The van der Waals surface area contributed by atoms with Crippen molar-refractivity contribution in [1.82, 2.24) is 9.55 Å². The molecule has 31 heavy (non-hydrogen) atoms. The average molecular weight is 443 g/mol. The van der Waals surface area contributed by atoms with Crippen molar-refractivity contribution in [3.63, 3.8) is 0 Å². The van der Waals surface area contributed by atoms with Gasteiger partial charge >= 0.3 is 18.0 Å². The van der Waals surface area contributed by atoms with Gasteiger partial charge in [-0.25, -0.2) is 9.36 Å². The number of halogens is 6. The molecule has 0 unspecified atom stereocenters. The summed E-state index contributed by atoms with van der Waals surface area (Å²) in [5, 5.41) is 1.85. The average Bonchev–Trinajstić information content (AvgIpc) is 2.67. The van der Waals surface area contributed by atoms with E-state index in [9.17, 15) is 40.7 Å². The van der Waals surface area contributed by atoms with Crippen LogP contribution in [0, 0.1) is 0 Å². The summed E-state index contributed by atoms with van der Waals surface area (Å²) in [5.41, 5.74) is -6.72. The number of benzene rings is 2. The summed E-state index contributed by atoms with van der Waals surface area (Å²) in [7, 11) is 0. The van der Waals surface area contributed by atoms with E-state index in [1.165, 1.54) is 24.3 Å².